The van der Waals surface area contributed by atoms with Crippen molar-refractivity contribution in [3.05, 3.63) is 34.9 Å². The summed E-state index contributed by atoms with van der Waals surface area (Å²) in [6, 6.07) is 6.74. The minimum Gasteiger partial charge on any atom is -0.447 e. The minimum atomic E-state index is -1.42. The molecule has 0 spiro atoms. The van der Waals surface area contributed by atoms with Crippen molar-refractivity contribution >= 4 is 23.7 Å². The molecule has 3 N–H and O–H groups in total. The molecule has 1 saturated heterocycles. The Hall–Kier alpha value is -2.17. The van der Waals surface area contributed by atoms with Crippen LogP contribution < -0.4 is 16.0 Å². The Kier molecular flexibility index (Phi) is 11.7. The molecule has 208 valence electrons. The predicted molar refractivity (Wildman–Crippen MR) is 138 cm³/mol. The van der Waals surface area contributed by atoms with Crippen molar-refractivity contribution in [3.8, 4) is 0 Å². The first-order valence-electron chi connectivity index (χ1n) is 13.0. The number of carbonyl (C=O) groups is 2. The fraction of sp³-hybridized carbons (Fsp3) is 0.692. The average molecular weight is 545 g/mol. The molecule has 1 heterocycles. The van der Waals surface area contributed by atoms with E-state index in [1.54, 1.807) is 13.1 Å². The quantitative estimate of drug-likeness (QED) is 0.362. The number of nitrogens with zero attached hydrogens (tertiary/aromatic N) is 1. The highest BCUT2D eigenvalue weighted by molar-refractivity contribution is 6.30. The molecule has 0 bridgehead atoms. The first kappa shape index (κ1) is 29.4. The predicted octanol–water partition coefficient (Wildman–Crippen LogP) is 4.24. The van der Waals surface area contributed by atoms with Crippen LogP contribution in [0.5, 0.6) is 0 Å². The number of halogens is 3. The molecule has 11 heteroatoms. The van der Waals surface area contributed by atoms with Gasteiger partial charge in [0.25, 0.3) is 0 Å². The zero-order valence-electron chi connectivity index (χ0n) is 21.6. The van der Waals surface area contributed by atoms with Crippen molar-refractivity contribution in [2.45, 2.75) is 56.5 Å². The summed E-state index contributed by atoms with van der Waals surface area (Å²) in [6.07, 6.45) is -0.806. The van der Waals surface area contributed by atoms with E-state index in [0.717, 1.165) is 18.4 Å². The number of likely N-dealkylation sites (tertiary alicyclic amines) is 1. The molecule has 1 aliphatic carbocycles. The Morgan fingerprint density at radius 1 is 1.19 bits per heavy atom. The molecular formula is C26H39ClF2N4O4. The van der Waals surface area contributed by atoms with Gasteiger partial charge in [0.05, 0.1) is 19.3 Å². The van der Waals surface area contributed by atoms with Gasteiger partial charge in [-0.05, 0) is 62.8 Å². The first-order chi connectivity index (χ1) is 17.8. The molecule has 2 fully saturated rings. The van der Waals surface area contributed by atoms with E-state index in [2.05, 4.69) is 16.0 Å². The number of urea groups is 1. The number of benzene rings is 1. The fourth-order valence-corrected chi connectivity index (χ4v) is 5.64. The van der Waals surface area contributed by atoms with E-state index < -0.39 is 18.4 Å². The SMILES string of the molecule is CNC[C@H](CC1C[C@H](F)[C@@H](F)C1)NC(=O)N1CCC[C@@H](COCCOC(=O)NC)[C@@H]1c1cccc(Cl)c1. The fourth-order valence-electron chi connectivity index (χ4n) is 5.44. The van der Waals surface area contributed by atoms with Gasteiger partial charge in [-0.15, -0.1) is 0 Å². The van der Waals surface area contributed by atoms with Crippen LogP contribution in [-0.4, -0.2) is 82.4 Å². The number of alkyl halides is 2. The van der Waals surface area contributed by atoms with E-state index >= 15 is 0 Å². The Balaban J connectivity index is 1.68. The maximum absolute atomic E-state index is 13.7. The van der Waals surface area contributed by atoms with Crippen LogP contribution in [0.25, 0.3) is 0 Å². The second-order valence-electron chi connectivity index (χ2n) is 9.87. The van der Waals surface area contributed by atoms with Crippen LogP contribution in [0.2, 0.25) is 5.02 Å². The van der Waals surface area contributed by atoms with Crippen LogP contribution in [0.1, 0.15) is 43.7 Å². The second-order valence-corrected chi connectivity index (χ2v) is 10.3. The molecule has 0 aromatic heterocycles. The largest absolute Gasteiger partial charge is 0.447 e. The summed E-state index contributed by atoms with van der Waals surface area (Å²) in [5, 5.41) is 9.17. The van der Waals surface area contributed by atoms with E-state index in [4.69, 9.17) is 21.1 Å². The molecule has 1 aromatic carbocycles. The monoisotopic (exact) mass is 544 g/mol. The number of ether oxygens (including phenoxy) is 2. The van der Waals surface area contributed by atoms with Gasteiger partial charge < -0.3 is 30.3 Å². The number of likely N-dealkylation sites (N-methyl/N-ethyl adjacent to an activating group) is 1. The van der Waals surface area contributed by atoms with Gasteiger partial charge >= 0.3 is 12.1 Å². The van der Waals surface area contributed by atoms with Crippen LogP contribution in [0.4, 0.5) is 18.4 Å². The van der Waals surface area contributed by atoms with E-state index in [1.165, 1.54) is 7.05 Å². The van der Waals surface area contributed by atoms with Crippen molar-refractivity contribution in [3.63, 3.8) is 0 Å². The average Bonchev–Trinajstić information content (AvgIpc) is 3.19. The van der Waals surface area contributed by atoms with Gasteiger partial charge in [-0.2, -0.15) is 0 Å². The second kappa shape index (κ2) is 14.7. The first-order valence-corrected chi connectivity index (χ1v) is 13.4. The van der Waals surface area contributed by atoms with Crippen molar-refractivity contribution in [2.75, 3.05) is 47.0 Å². The molecule has 1 aliphatic heterocycles. The lowest BCUT2D eigenvalue weighted by Crippen LogP contribution is -2.52. The third-order valence-electron chi connectivity index (χ3n) is 7.11. The number of amides is 3. The summed E-state index contributed by atoms with van der Waals surface area (Å²) < 4.78 is 38.3. The van der Waals surface area contributed by atoms with Gasteiger partial charge in [0.2, 0.25) is 0 Å². The Morgan fingerprint density at radius 3 is 2.62 bits per heavy atom. The Morgan fingerprint density at radius 2 is 1.95 bits per heavy atom. The molecule has 0 radical (unpaired) electrons. The van der Waals surface area contributed by atoms with Crippen molar-refractivity contribution in [1.29, 1.82) is 0 Å². The summed E-state index contributed by atoms with van der Waals surface area (Å²) in [5.74, 6) is -0.0953. The van der Waals surface area contributed by atoms with E-state index in [-0.39, 0.29) is 56.0 Å². The lowest BCUT2D eigenvalue weighted by atomic mass is 9.85. The number of rotatable bonds is 11. The van der Waals surface area contributed by atoms with E-state index in [1.807, 2.05) is 23.1 Å². The highest BCUT2D eigenvalue weighted by atomic mass is 35.5. The summed E-state index contributed by atoms with van der Waals surface area (Å²) in [6.45, 7) is 1.83. The summed E-state index contributed by atoms with van der Waals surface area (Å²) in [5.41, 5.74) is 0.916. The normalized spacial score (nSPS) is 25.1. The van der Waals surface area contributed by atoms with Gasteiger partial charge in [-0.25, -0.2) is 18.4 Å². The zero-order valence-corrected chi connectivity index (χ0v) is 22.3. The van der Waals surface area contributed by atoms with Crippen LogP contribution in [-0.2, 0) is 9.47 Å². The molecule has 3 amide bonds. The third-order valence-corrected chi connectivity index (χ3v) is 7.34. The summed E-state index contributed by atoms with van der Waals surface area (Å²) in [7, 11) is 3.28. The summed E-state index contributed by atoms with van der Waals surface area (Å²) >= 11 is 6.30. The minimum absolute atomic E-state index is 0.00939. The number of hydrogen-bond donors (Lipinski definition) is 3. The number of carbonyl (C=O) groups excluding carboxylic acids is 2. The maximum atomic E-state index is 13.7. The molecular weight excluding hydrogens is 506 g/mol. The Bertz CT molecular complexity index is 873. The summed E-state index contributed by atoms with van der Waals surface area (Å²) in [4.78, 5) is 26.6. The van der Waals surface area contributed by atoms with Crippen LogP contribution >= 0.6 is 11.6 Å². The standard InChI is InChI=1S/C26H39ClF2N4O4/c1-30-15-21(11-17-12-22(28)23(29)13-17)32-25(34)33-8-4-6-19(16-36-9-10-37-26(35)31-2)24(33)18-5-3-7-20(27)14-18/h3,5,7,14,17,19,21-24,30H,4,6,8-13,15-16H2,1-2H3,(H,31,35)(H,32,34)/t19-,21-,22-,23-,24-/m0/s1. The number of piperidine rings is 1. The van der Waals surface area contributed by atoms with Gasteiger partial charge in [0.1, 0.15) is 19.0 Å². The number of alkyl carbamates (subject to hydrolysis) is 1. The van der Waals surface area contributed by atoms with Crippen molar-refractivity contribution < 1.29 is 27.8 Å². The molecule has 0 unspecified atom stereocenters. The van der Waals surface area contributed by atoms with Crippen LogP contribution in [0.3, 0.4) is 0 Å². The lowest BCUT2D eigenvalue weighted by Gasteiger charge is -2.42. The molecule has 1 saturated carbocycles. The topological polar surface area (TPSA) is 91.9 Å². The molecule has 3 rings (SSSR count). The van der Waals surface area contributed by atoms with Gasteiger partial charge in [-0.1, -0.05) is 23.7 Å². The van der Waals surface area contributed by atoms with E-state index in [0.29, 0.717) is 31.1 Å². The molecule has 1 aromatic rings. The number of hydrogen-bond acceptors (Lipinski definition) is 5. The molecule has 5 atom stereocenters. The van der Waals surface area contributed by atoms with Crippen LogP contribution in [0, 0.1) is 11.8 Å². The molecule has 37 heavy (non-hydrogen) atoms. The highest BCUT2D eigenvalue weighted by Gasteiger charge is 2.38. The van der Waals surface area contributed by atoms with Gasteiger partial charge in [0, 0.05) is 37.1 Å². The van der Waals surface area contributed by atoms with Gasteiger partial charge in [-0.3, -0.25) is 0 Å². The number of nitrogens with one attached hydrogen (secondary N) is 3. The highest BCUT2D eigenvalue weighted by Crippen LogP contribution is 2.38. The molecule has 2 aliphatic rings. The molecule has 8 nitrogen and oxygen atoms in total. The third kappa shape index (κ3) is 8.68. The Labute approximate surface area is 222 Å². The van der Waals surface area contributed by atoms with Crippen molar-refractivity contribution in [1.82, 2.24) is 20.9 Å². The van der Waals surface area contributed by atoms with Gasteiger partial charge in [0.15, 0.2) is 0 Å². The van der Waals surface area contributed by atoms with Crippen molar-refractivity contribution in [2.24, 2.45) is 11.8 Å². The zero-order chi connectivity index (χ0) is 26.8. The van der Waals surface area contributed by atoms with E-state index in [9.17, 15) is 18.4 Å². The maximum Gasteiger partial charge on any atom is 0.406 e. The smallest absolute Gasteiger partial charge is 0.406 e. The van der Waals surface area contributed by atoms with Crippen LogP contribution in [0.15, 0.2) is 24.3 Å². The lowest BCUT2D eigenvalue weighted by molar-refractivity contribution is 0.0168.